The third-order valence-corrected chi connectivity index (χ3v) is 6.45. The van der Waals surface area contributed by atoms with Crippen molar-refractivity contribution in [3.8, 4) is 0 Å². The summed E-state index contributed by atoms with van der Waals surface area (Å²) in [6, 6.07) is 14.0. The van der Waals surface area contributed by atoms with Gasteiger partial charge in [0.2, 0.25) is 9.84 Å². The molecule has 6 heteroatoms. The summed E-state index contributed by atoms with van der Waals surface area (Å²) >= 11 is 0. The molecule has 0 aliphatic heterocycles. The number of fused-ring (bicyclic) bond motifs is 1. The van der Waals surface area contributed by atoms with Crippen molar-refractivity contribution in [1.82, 2.24) is 0 Å². The fraction of sp³-hybridized carbons (Fsp3) is 0.250. The summed E-state index contributed by atoms with van der Waals surface area (Å²) in [4.78, 5) is 4.68. The summed E-state index contributed by atoms with van der Waals surface area (Å²) in [6.07, 6.45) is 3.55. The maximum Gasteiger partial charge on any atom is 0.206 e. The number of sulfone groups is 1. The van der Waals surface area contributed by atoms with Crippen molar-refractivity contribution < 1.29 is 8.42 Å². The summed E-state index contributed by atoms with van der Waals surface area (Å²) in [5.41, 5.74) is 13.7. The van der Waals surface area contributed by atoms with Crippen molar-refractivity contribution in [2.75, 3.05) is 0 Å². The number of hydrogen-bond acceptors (Lipinski definition) is 3. The molecule has 2 aromatic carbocycles. The number of allylic oxidation sites excluding steroid dienone is 1. The van der Waals surface area contributed by atoms with Crippen molar-refractivity contribution in [3.63, 3.8) is 0 Å². The molecular formula is C20H23N3O2S. The SMILES string of the molecule is C=C(C[C@@H]1CCCc2cc(S(=O)(=O)c3ccccc3)ccc21)N=C(N)N. The van der Waals surface area contributed by atoms with Crippen LogP contribution in [0.4, 0.5) is 0 Å². The van der Waals surface area contributed by atoms with E-state index >= 15 is 0 Å². The Hall–Kier alpha value is -2.60. The number of guanidine groups is 1. The molecule has 2 aromatic rings. The van der Waals surface area contributed by atoms with Gasteiger partial charge in [0.1, 0.15) is 0 Å². The van der Waals surface area contributed by atoms with Crippen LogP contribution in [-0.2, 0) is 16.3 Å². The summed E-state index contributed by atoms with van der Waals surface area (Å²) in [7, 11) is -3.50. The summed E-state index contributed by atoms with van der Waals surface area (Å²) in [5, 5.41) is 0. The number of hydrogen-bond donors (Lipinski definition) is 2. The van der Waals surface area contributed by atoms with Crippen LogP contribution in [0.1, 0.15) is 36.3 Å². The molecule has 0 saturated carbocycles. The molecule has 0 heterocycles. The molecule has 3 rings (SSSR count). The first-order valence-corrected chi connectivity index (χ1v) is 10.1. The van der Waals surface area contributed by atoms with E-state index in [1.54, 1.807) is 36.4 Å². The molecule has 0 amide bonds. The van der Waals surface area contributed by atoms with E-state index in [4.69, 9.17) is 11.5 Å². The van der Waals surface area contributed by atoms with Crippen molar-refractivity contribution in [3.05, 3.63) is 71.9 Å². The Morgan fingerprint density at radius 2 is 1.85 bits per heavy atom. The highest BCUT2D eigenvalue weighted by Crippen LogP contribution is 2.37. The zero-order valence-corrected chi connectivity index (χ0v) is 15.4. The minimum atomic E-state index is -3.50. The molecule has 0 bridgehead atoms. The highest BCUT2D eigenvalue weighted by atomic mass is 32.2. The predicted octanol–water partition coefficient (Wildman–Crippen LogP) is 3.12. The van der Waals surface area contributed by atoms with E-state index in [1.807, 2.05) is 12.1 Å². The summed E-state index contributed by atoms with van der Waals surface area (Å²) in [6.45, 7) is 3.91. The third-order valence-electron chi connectivity index (χ3n) is 4.69. The minimum Gasteiger partial charge on any atom is -0.370 e. The number of aryl methyl sites for hydroxylation is 1. The second-order valence-electron chi connectivity index (χ2n) is 6.57. The van der Waals surface area contributed by atoms with E-state index in [9.17, 15) is 8.42 Å². The standard InChI is InChI=1S/C20H23N3O2S/c1-14(23-20(21)22)12-15-6-5-7-16-13-18(10-11-19(15)16)26(24,25)17-8-3-2-4-9-17/h2-4,8-11,13,15H,1,5-7,12H2,(H4,21,22,23)/t15-/m0/s1. The van der Waals surface area contributed by atoms with Crippen LogP contribution in [0.5, 0.6) is 0 Å². The van der Waals surface area contributed by atoms with Crippen LogP contribution in [0.3, 0.4) is 0 Å². The lowest BCUT2D eigenvalue weighted by Crippen LogP contribution is -2.22. The predicted molar refractivity (Wildman–Crippen MR) is 104 cm³/mol. The van der Waals surface area contributed by atoms with Crippen molar-refractivity contribution in [2.45, 2.75) is 41.4 Å². The normalized spacial score (nSPS) is 16.5. The van der Waals surface area contributed by atoms with Gasteiger partial charge in [-0.3, -0.25) is 0 Å². The van der Waals surface area contributed by atoms with E-state index in [0.717, 1.165) is 30.4 Å². The van der Waals surface area contributed by atoms with Crippen LogP contribution in [0.2, 0.25) is 0 Å². The Bertz CT molecular complexity index is 946. The average molecular weight is 369 g/mol. The highest BCUT2D eigenvalue weighted by molar-refractivity contribution is 7.91. The molecule has 0 radical (unpaired) electrons. The van der Waals surface area contributed by atoms with E-state index in [1.165, 1.54) is 0 Å². The molecule has 0 fully saturated rings. The first kappa shape index (κ1) is 18.2. The average Bonchev–Trinajstić information content (AvgIpc) is 2.61. The van der Waals surface area contributed by atoms with Gasteiger partial charge in [0.05, 0.1) is 9.79 Å². The van der Waals surface area contributed by atoms with Gasteiger partial charge in [0, 0.05) is 5.70 Å². The molecule has 1 atom stereocenters. The van der Waals surface area contributed by atoms with Gasteiger partial charge in [-0.1, -0.05) is 30.8 Å². The van der Waals surface area contributed by atoms with Gasteiger partial charge < -0.3 is 11.5 Å². The zero-order chi connectivity index (χ0) is 18.7. The number of rotatable bonds is 5. The molecule has 0 saturated heterocycles. The lowest BCUT2D eigenvalue weighted by molar-refractivity contribution is 0.546. The van der Waals surface area contributed by atoms with Crippen LogP contribution in [-0.4, -0.2) is 14.4 Å². The molecular weight excluding hydrogens is 346 g/mol. The maximum atomic E-state index is 12.8. The first-order valence-electron chi connectivity index (χ1n) is 8.58. The van der Waals surface area contributed by atoms with Gasteiger partial charge in [-0.25, -0.2) is 13.4 Å². The molecule has 0 unspecified atom stereocenters. The second-order valence-corrected chi connectivity index (χ2v) is 8.52. The molecule has 4 N–H and O–H groups in total. The van der Waals surface area contributed by atoms with Gasteiger partial charge >= 0.3 is 0 Å². The lowest BCUT2D eigenvalue weighted by atomic mass is 9.80. The Morgan fingerprint density at radius 1 is 1.12 bits per heavy atom. The largest absolute Gasteiger partial charge is 0.370 e. The number of benzene rings is 2. The quantitative estimate of drug-likeness (QED) is 0.625. The van der Waals surface area contributed by atoms with Crippen LogP contribution in [0, 0.1) is 0 Å². The molecule has 0 spiro atoms. The smallest absolute Gasteiger partial charge is 0.206 e. The lowest BCUT2D eigenvalue weighted by Gasteiger charge is -2.26. The van der Waals surface area contributed by atoms with Crippen LogP contribution in [0.15, 0.2) is 75.6 Å². The fourth-order valence-corrected chi connectivity index (χ4v) is 4.85. The van der Waals surface area contributed by atoms with E-state index in [0.29, 0.717) is 21.9 Å². The Kier molecular flexibility index (Phi) is 5.13. The van der Waals surface area contributed by atoms with Crippen molar-refractivity contribution in [1.29, 1.82) is 0 Å². The van der Waals surface area contributed by atoms with Crippen LogP contribution >= 0.6 is 0 Å². The molecule has 5 nitrogen and oxygen atoms in total. The van der Waals surface area contributed by atoms with Gasteiger partial charge in [-0.15, -0.1) is 0 Å². The zero-order valence-electron chi connectivity index (χ0n) is 14.6. The van der Waals surface area contributed by atoms with Gasteiger partial charge in [-0.2, -0.15) is 0 Å². The molecule has 0 aromatic heterocycles. The third kappa shape index (κ3) is 3.80. The van der Waals surface area contributed by atoms with Crippen LogP contribution in [0.25, 0.3) is 0 Å². The number of aliphatic imine (C=N–C) groups is 1. The van der Waals surface area contributed by atoms with E-state index in [2.05, 4.69) is 11.6 Å². The highest BCUT2D eigenvalue weighted by Gasteiger charge is 2.24. The van der Waals surface area contributed by atoms with Crippen LogP contribution < -0.4 is 11.5 Å². The molecule has 1 aliphatic rings. The minimum absolute atomic E-state index is 0.00957. The number of nitrogens with zero attached hydrogens (tertiary/aromatic N) is 1. The van der Waals surface area contributed by atoms with Gasteiger partial charge in [-0.05, 0) is 67.0 Å². The van der Waals surface area contributed by atoms with Crippen molar-refractivity contribution in [2.24, 2.45) is 16.5 Å². The second kappa shape index (κ2) is 7.33. The number of nitrogens with two attached hydrogens (primary N) is 2. The van der Waals surface area contributed by atoms with E-state index < -0.39 is 9.84 Å². The monoisotopic (exact) mass is 369 g/mol. The first-order chi connectivity index (χ1) is 12.4. The maximum absolute atomic E-state index is 12.8. The van der Waals surface area contributed by atoms with Crippen molar-refractivity contribution >= 4 is 15.8 Å². The molecule has 136 valence electrons. The Labute approximate surface area is 154 Å². The Morgan fingerprint density at radius 3 is 2.54 bits per heavy atom. The van der Waals surface area contributed by atoms with E-state index in [-0.39, 0.29) is 11.9 Å². The summed E-state index contributed by atoms with van der Waals surface area (Å²) < 4.78 is 25.7. The molecule has 1 aliphatic carbocycles. The molecule has 26 heavy (non-hydrogen) atoms. The summed E-state index contributed by atoms with van der Waals surface area (Å²) in [5.74, 6) is 0.262. The van der Waals surface area contributed by atoms with Gasteiger partial charge in [0.25, 0.3) is 0 Å². The fourth-order valence-electron chi connectivity index (χ4n) is 3.52. The Balaban J connectivity index is 1.91. The van der Waals surface area contributed by atoms with Gasteiger partial charge in [0.15, 0.2) is 5.96 Å². The topological polar surface area (TPSA) is 98.5 Å².